The van der Waals surface area contributed by atoms with E-state index in [1.54, 1.807) is 24.5 Å². The molecule has 1 aliphatic heterocycles. The molecular formula is C32H33NO5. The van der Waals surface area contributed by atoms with Gasteiger partial charge in [-0.3, -0.25) is 4.79 Å². The van der Waals surface area contributed by atoms with Gasteiger partial charge in [-0.25, -0.2) is 0 Å². The third-order valence-electron chi connectivity index (χ3n) is 6.72. The van der Waals surface area contributed by atoms with Crippen molar-refractivity contribution in [3.05, 3.63) is 142 Å². The van der Waals surface area contributed by atoms with Crippen molar-refractivity contribution in [2.24, 2.45) is 0 Å². The lowest BCUT2D eigenvalue weighted by molar-refractivity contribution is -0.215. The Labute approximate surface area is 223 Å². The van der Waals surface area contributed by atoms with Gasteiger partial charge in [0.25, 0.3) is 0 Å². The van der Waals surface area contributed by atoms with Crippen molar-refractivity contribution >= 4 is 0 Å². The molecule has 0 radical (unpaired) electrons. The average Bonchev–Trinajstić information content (AvgIpc) is 2.97. The standard InChI is InChI=1S/C32H33NO5/c34-28-16-18-33(19-17-28)29-23-36-30(24-35-20-25-10-4-1-5-11-25)32(38-22-27-14-8-3-9-15-27)31(29)37-21-26-12-6-2-7-13-26/h1-19,29-32H,20-24H2/t29-,30?,31?,32?/m1/s1. The fourth-order valence-corrected chi connectivity index (χ4v) is 4.70. The van der Waals surface area contributed by atoms with Crippen LogP contribution in [-0.2, 0) is 38.8 Å². The molecule has 0 spiro atoms. The number of nitrogens with zero attached hydrogens (tertiary/aromatic N) is 1. The van der Waals surface area contributed by atoms with E-state index in [-0.39, 0.29) is 23.7 Å². The highest BCUT2D eigenvalue weighted by Crippen LogP contribution is 2.31. The molecule has 1 aliphatic rings. The highest BCUT2D eigenvalue weighted by atomic mass is 16.6. The summed E-state index contributed by atoms with van der Waals surface area (Å²) in [4.78, 5) is 11.8. The lowest BCUT2D eigenvalue weighted by atomic mass is 9.97. The van der Waals surface area contributed by atoms with Crippen molar-refractivity contribution in [1.82, 2.24) is 4.57 Å². The summed E-state index contributed by atoms with van der Waals surface area (Å²) >= 11 is 0. The zero-order valence-corrected chi connectivity index (χ0v) is 21.3. The molecule has 1 saturated heterocycles. The van der Waals surface area contributed by atoms with Gasteiger partial charge in [0.05, 0.1) is 39.1 Å². The highest BCUT2D eigenvalue weighted by Gasteiger charge is 2.43. The molecule has 1 fully saturated rings. The fraction of sp³-hybridized carbons (Fsp3) is 0.281. The van der Waals surface area contributed by atoms with Crippen LogP contribution in [0.4, 0.5) is 0 Å². The summed E-state index contributed by atoms with van der Waals surface area (Å²) in [6.07, 6.45) is 2.53. The molecule has 6 heteroatoms. The fourth-order valence-electron chi connectivity index (χ4n) is 4.70. The molecule has 0 N–H and O–H groups in total. The number of hydrogen-bond acceptors (Lipinski definition) is 5. The van der Waals surface area contributed by atoms with E-state index in [0.717, 1.165) is 16.7 Å². The maximum Gasteiger partial charge on any atom is 0.181 e. The van der Waals surface area contributed by atoms with Crippen molar-refractivity contribution in [3.8, 4) is 0 Å². The first-order valence-electron chi connectivity index (χ1n) is 13.0. The lowest BCUT2D eigenvalue weighted by Crippen LogP contribution is -2.54. The van der Waals surface area contributed by atoms with Crippen LogP contribution < -0.4 is 5.43 Å². The molecule has 196 valence electrons. The van der Waals surface area contributed by atoms with Crippen LogP contribution in [0.5, 0.6) is 0 Å². The second-order valence-corrected chi connectivity index (χ2v) is 9.44. The number of aromatic nitrogens is 1. The average molecular weight is 512 g/mol. The monoisotopic (exact) mass is 511 g/mol. The van der Waals surface area contributed by atoms with Gasteiger partial charge < -0.3 is 23.5 Å². The third-order valence-corrected chi connectivity index (χ3v) is 6.72. The van der Waals surface area contributed by atoms with E-state index in [1.165, 1.54) is 0 Å². The van der Waals surface area contributed by atoms with E-state index in [9.17, 15) is 4.79 Å². The van der Waals surface area contributed by atoms with Crippen LogP contribution in [0, 0.1) is 0 Å². The Morgan fingerprint density at radius 3 is 1.71 bits per heavy atom. The quantitative estimate of drug-likeness (QED) is 0.278. The van der Waals surface area contributed by atoms with E-state index in [1.807, 2.05) is 95.6 Å². The summed E-state index contributed by atoms with van der Waals surface area (Å²) in [6, 6.07) is 33.2. The summed E-state index contributed by atoms with van der Waals surface area (Å²) in [5, 5.41) is 0. The Balaban J connectivity index is 1.38. The SMILES string of the molecule is O=c1ccn([C@@H]2COC(COCc3ccccc3)C(OCc3ccccc3)C2OCc2ccccc2)cc1. The van der Waals surface area contributed by atoms with Crippen molar-refractivity contribution in [1.29, 1.82) is 0 Å². The van der Waals surface area contributed by atoms with Crippen LogP contribution in [0.25, 0.3) is 0 Å². The minimum absolute atomic E-state index is 0.0382. The minimum Gasteiger partial charge on any atom is -0.374 e. The number of pyridine rings is 1. The van der Waals surface area contributed by atoms with E-state index in [4.69, 9.17) is 18.9 Å². The molecule has 4 atom stereocenters. The van der Waals surface area contributed by atoms with Crippen LogP contribution >= 0.6 is 0 Å². The summed E-state index contributed by atoms with van der Waals surface area (Å²) in [7, 11) is 0. The van der Waals surface area contributed by atoms with Gasteiger partial charge in [0.15, 0.2) is 5.43 Å². The van der Waals surface area contributed by atoms with Crippen molar-refractivity contribution in [3.63, 3.8) is 0 Å². The molecule has 0 aliphatic carbocycles. The Hall–Kier alpha value is -3.55. The third kappa shape index (κ3) is 7.05. The first kappa shape index (κ1) is 26.1. The number of ether oxygens (including phenoxy) is 4. The van der Waals surface area contributed by atoms with Crippen LogP contribution in [0.3, 0.4) is 0 Å². The summed E-state index contributed by atoms with van der Waals surface area (Å²) < 4.78 is 27.6. The molecule has 0 amide bonds. The molecule has 0 bridgehead atoms. The predicted molar refractivity (Wildman–Crippen MR) is 146 cm³/mol. The van der Waals surface area contributed by atoms with E-state index in [2.05, 4.69) is 0 Å². The molecule has 1 aromatic heterocycles. The Kier molecular flexibility index (Phi) is 9.13. The van der Waals surface area contributed by atoms with E-state index in [0.29, 0.717) is 33.0 Å². The van der Waals surface area contributed by atoms with E-state index < -0.39 is 6.10 Å². The van der Waals surface area contributed by atoms with Crippen molar-refractivity contribution < 1.29 is 18.9 Å². The van der Waals surface area contributed by atoms with Gasteiger partial charge in [-0.15, -0.1) is 0 Å². The lowest BCUT2D eigenvalue weighted by Gasteiger charge is -2.43. The predicted octanol–water partition coefficient (Wildman–Crippen LogP) is 5.18. The minimum atomic E-state index is -0.395. The van der Waals surface area contributed by atoms with Gasteiger partial charge >= 0.3 is 0 Å². The summed E-state index contributed by atoms with van der Waals surface area (Å²) in [5.74, 6) is 0. The van der Waals surface area contributed by atoms with Crippen LogP contribution in [-0.4, -0.2) is 36.1 Å². The molecule has 3 unspecified atom stereocenters. The second kappa shape index (κ2) is 13.3. The first-order valence-corrected chi connectivity index (χ1v) is 13.0. The zero-order chi connectivity index (χ0) is 26.0. The number of rotatable bonds is 11. The Morgan fingerprint density at radius 1 is 0.658 bits per heavy atom. The molecule has 2 heterocycles. The van der Waals surface area contributed by atoms with Gasteiger partial charge in [-0.2, -0.15) is 0 Å². The Morgan fingerprint density at radius 2 is 1.16 bits per heavy atom. The van der Waals surface area contributed by atoms with Crippen LogP contribution in [0.1, 0.15) is 22.7 Å². The smallest absolute Gasteiger partial charge is 0.181 e. The number of benzene rings is 3. The van der Waals surface area contributed by atoms with Crippen molar-refractivity contribution in [2.45, 2.75) is 44.2 Å². The van der Waals surface area contributed by atoms with Gasteiger partial charge in [0.2, 0.25) is 0 Å². The normalized spacial score (nSPS) is 21.3. The summed E-state index contributed by atoms with van der Waals surface area (Å²) in [6.45, 7) is 2.13. The van der Waals surface area contributed by atoms with Gasteiger partial charge in [-0.1, -0.05) is 91.0 Å². The van der Waals surface area contributed by atoms with Crippen molar-refractivity contribution in [2.75, 3.05) is 13.2 Å². The topological polar surface area (TPSA) is 58.9 Å². The molecule has 6 nitrogen and oxygen atoms in total. The molecule has 38 heavy (non-hydrogen) atoms. The maximum absolute atomic E-state index is 11.8. The summed E-state index contributed by atoms with van der Waals surface area (Å²) in [5.41, 5.74) is 3.22. The molecule has 4 aromatic rings. The van der Waals surface area contributed by atoms with Gasteiger partial charge in [0.1, 0.15) is 18.3 Å². The number of hydrogen-bond donors (Lipinski definition) is 0. The largest absolute Gasteiger partial charge is 0.374 e. The van der Waals surface area contributed by atoms with Crippen LogP contribution in [0.15, 0.2) is 120 Å². The maximum atomic E-state index is 11.8. The van der Waals surface area contributed by atoms with Gasteiger partial charge in [-0.05, 0) is 16.7 Å². The zero-order valence-electron chi connectivity index (χ0n) is 21.3. The molecule has 3 aromatic carbocycles. The molecular weight excluding hydrogens is 478 g/mol. The van der Waals surface area contributed by atoms with Crippen LogP contribution in [0.2, 0.25) is 0 Å². The van der Waals surface area contributed by atoms with Gasteiger partial charge in [0, 0.05) is 24.5 Å². The first-order chi connectivity index (χ1) is 18.8. The highest BCUT2D eigenvalue weighted by molar-refractivity contribution is 5.15. The van der Waals surface area contributed by atoms with E-state index >= 15 is 0 Å². The molecule has 0 saturated carbocycles. The molecule has 5 rings (SSSR count). The second-order valence-electron chi connectivity index (χ2n) is 9.44. The Bertz CT molecular complexity index is 1280.